The molecule has 10 nitrogen and oxygen atoms in total. The Kier molecular flexibility index (Phi) is 5.03. The molecular weight excluding hydrogens is 353 g/mol. The SMILES string of the molecule is Cc1ccccc1-c1cn([C@@H]2O[C@H](COP(=O)(O)O)C(O)[C@@H]2O)nn1. The van der Waals surface area contributed by atoms with Crippen molar-refractivity contribution in [2.24, 2.45) is 0 Å². The van der Waals surface area contributed by atoms with Crippen molar-refractivity contribution in [3.63, 3.8) is 0 Å². The molecular formula is C14H18N3O7P. The molecule has 1 saturated heterocycles. The van der Waals surface area contributed by atoms with Gasteiger partial charge < -0.3 is 24.7 Å². The van der Waals surface area contributed by atoms with Gasteiger partial charge in [-0.3, -0.25) is 4.52 Å². The maximum atomic E-state index is 10.8. The van der Waals surface area contributed by atoms with Gasteiger partial charge in [0.05, 0.1) is 12.8 Å². The van der Waals surface area contributed by atoms with Crippen LogP contribution in [0.1, 0.15) is 11.8 Å². The third-order valence-electron chi connectivity index (χ3n) is 3.94. The topological polar surface area (TPSA) is 147 Å². The number of phosphoric ester groups is 1. The molecule has 11 heteroatoms. The van der Waals surface area contributed by atoms with Crippen molar-refractivity contribution in [3.8, 4) is 11.3 Å². The van der Waals surface area contributed by atoms with Crippen LogP contribution in [0, 0.1) is 6.92 Å². The minimum absolute atomic E-state index is 0.568. The highest BCUT2D eigenvalue weighted by molar-refractivity contribution is 7.46. The number of hydrogen-bond donors (Lipinski definition) is 4. The molecule has 4 N–H and O–H groups in total. The van der Waals surface area contributed by atoms with E-state index in [4.69, 9.17) is 14.5 Å². The third-order valence-corrected chi connectivity index (χ3v) is 4.42. The van der Waals surface area contributed by atoms with E-state index in [2.05, 4.69) is 14.8 Å². The van der Waals surface area contributed by atoms with Crippen molar-refractivity contribution >= 4 is 7.82 Å². The Bertz CT molecular complexity index is 792. The number of benzene rings is 1. The van der Waals surface area contributed by atoms with E-state index in [1.807, 2.05) is 31.2 Å². The number of aromatic nitrogens is 3. The van der Waals surface area contributed by atoms with Crippen molar-refractivity contribution in [2.45, 2.75) is 31.5 Å². The zero-order valence-corrected chi connectivity index (χ0v) is 14.1. The normalized spacial score (nSPS) is 26.9. The smallest absolute Gasteiger partial charge is 0.387 e. The summed E-state index contributed by atoms with van der Waals surface area (Å²) in [5, 5.41) is 28.1. The summed E-state index contributed by atoms with van der Waals surface area (Å²) in [4.78, 5) is 17.5. The second-order valence-electron chi connectivity index (χ2n) is 5.73. The summed E-state index contributed by atoms with van der Waals surface area (Å²) in [5.41, 5.74) is 2.43. The number of nitrogens with zero attached hydrogens (tertiary/aromatic N) is 3. The lowest BCUT2D eigenvalue weighted by molar-refractivity contribution is -0.0586. The quantitative estimate of drug-likeness (QED) is 0.532. The van der Waals surface area contributed by atoms with Crippen molar-refractivity contribution in [3.05, 3.63) is 36.0 Å². The number of aliphatic hydroxyl groups excluding tert-OH is 2. The summed E-state index contributed by atoms with van der Waals surface area (Å²) in [7, 11) is -4.71. The Morgan fingerprint density at radius 1 is 1.28 bits per heavy atom. The molecule has 0 radical (unpaired) electrons. The molecule has 0 saturated carbocycles. The molecule has 25 heavy (non-hydrogen) atoms. The zero-order valence-electron chi connectivity index (χ0n) is 13.2. The average Bonchev–Trinajstić information content (AvgIpc) is 3.12. The number of rotatable bonds is 5. The Morgan fingerprint density at radius 3 is 2.68 bits per heavy atom. The van der Waals surface area contributed by atoms with Crippen LogP contribution in [0.3, 0.4) is 0 Å². The van der Waals surface area contributed by atoms with Crippen molar-refractivity contribution in [1.82, 2.24) is 15.0 Å². The van der Waals surface area contributed by atoms with Crippen LogP contribution >= 0.6 is 7.82 Å². The molecule has 1 aromatic carbocycles. The Hall–Kier alpha value is -1.65. The fourth-order valence-electron chi connectivity index (χ4n) is 2.64. The first kappa shape index (κ1) is 18.2. The molecule has 1 fully saturated rings. The van der Waals surface area contributed by atoms with Gasteiger partial charge in [-0.2, -0.15) is 0 Å². The second-order valence-corrected chi connectivity index (χ2v) is 6.97. The molecule has 4 atom stereocenters. The van der Waals surface area contributed by atoms with E-state index in [9.17, 15) is 14.8 Å². The summed E-state index contributed by atoms with van der Waals surface area (Å²) in [6.45, 7) is 1.35. The maximum Gasteiger partial charge on any atom is 0.469 e. The molecule has 0 aliphatic carbocycles. The van der Waals surface area contributed by atoms with Crippen LogP contribution in [0.2, 0.25) is 0 Å². The van der Waals surface area contributed by atoms with Crippen molar-refractivity contribution in [2.75, 3.05) is 6.61 Å². The van der Waals surface area contributed by atoms with Gasteiger partial charge in [0.1, 0.15) is 24.0 Å². The van der Waals surface area contributed by atoms with Gasteiger partial charge in [-0.25, -0.2) is 9.25 Å². The summed E-state index contributed by atoms with van der Waals surface area (Å²) in [6, 6.07) is 7.56. The van der Waals surface area contributed by atoms with Gasteiger partial charge in [-0.15, -0.1) is 5.10 Å². The molecule has 2 aromatic rings. The van der Waals surface area contributed by atoms with Crippen LogP contribution in [0.25, 0.3) is 11.3 Å². The molecule has 1 aromatic heterocycles. The van der Waals surface area contributed by atoms with Crippen molar-refractivity contribution in [1.29, 1.82) is 0 Å². The number of aliphatic hydroxyl groups is 2. The highest BCUT2D eigenvalue weighted by Crippen LogP contribution is 2.38. The molecule has 3 rings (SSSR count). The molecule has 2 heterocycles. The van der Waals surface area contributed by atoms with E-state index in [0.29, 0.717) is 5.69 Å². The van der Waals surface area contributed by atoms with Gasteiger partial charge >= 0.3 is 7.82 Å². The van der Waals surface area contributed by atoms with Gasteiger partial charge in [0.25, 0.3) is 0 Å². The van der Waals surface area contributed by atoms with Gasteiger partial charge in [-0.05, 0) is 12.5 Å². The lowest BCUT2D eigenvalue weighted by atomic mass is 10.1. The number of hydrogen-bond acceptors (Lipinski definition) is 7. The predicted octanol–water partition coefficient (Wildman–Crippen LogP) is -0.0180. The highest BCUT2D eigenvalue weighted by atomic mass is 31.2. The second kappa shape index (κ2) is 6.93. The summed E-state index contributed by atoms with van der Waals surface area (Å²) in [5.74, 6) is 0. The van der Waals surface area contributed by atoms with Gasteiger partial charge in [-0.1, -0.05) is 29.5 Å². The molecule has 1 aliphatic rings. The largest absolute Gasteiger partial charge is 0.469 e. The first-order valence-corrected chi connectivity index (χ1v) is 8.99. The molecule has 0 spiro atoms. The predicted molar refractivity (Wildman–Crippen MR) is 84.1 cm³/mol. The Balaban J connectivity index is 1.76. The van der Waals surface area contributed by atoms with E-state index in [-0.39, 0.29) is 0 Å². The van der Waals surface area contributed by atoms with Crippen LogP contribution in [-0.4, -0.2) is 59.9 Å². The van der Waals surface area contributed by atoms with Gasteiger partial charge in [0, 0.05) is 5.56 Å². The van der Waals surface area contributed by atoms with E-state index >= 15 is 0 Å². The first-order chi connectivity index (χ1) is 11.8. The number of ether oxygens (including phenoxy) is 1. The molecule has 1 unspecified atom stereocenters. The zero-order chi connectivity index (χ0) is 18.2. The van der Waals surface area contributed by atoms with Crippen LogP contribution in [0.15, 0.2) is 30.5 Å². The fourth-order valence-corrected chi connectivity index (χ4v) is 2.98. The Labute approximate surface area is 142 Å². The van der Waals surface area contributed by atoms with Crippen LogP contribution in [0.4, 0.5) is 0 Å². The standard InChI is InChI=1S/C14H18N3O7P/c1-8-4-2-3-5-9(8)10-6-17(16-15-10)14-13(19)12(18)11(24-14)7-23-25(20,21)22/h2-6,11-14,18-19H,7H2,1H3,(H2,20,21,22)/t11-,12?,13+,14-/m1/s1. The van der Waals surface area contributed by atoms with E-state index in [1.165, 1.54) is 4.68 Å². The average molecular weight is 371 g/mol. The maximum absolute atomic E-state index is 10.8. The van der Waals surface area contributed by atoms with Crippen molar-refractivity contribution < 1.29 is 33.8 Å². The summed E-state index contributed by atoms with van der Waals surface area (Å²) < 4.78 is 21.8. The molecule has 0 amide bonds. The number of aryl methyl sites for hydroxylation is 1. The molecule has 1 aliphatic heterocycles. The monoisotopic (exact) mass is 371 g/mol. The third kappa shape index (κ3) is 3.96. The minimum atomic E-state index is -4.71. The fraction of sp³-hybridized carbons (Fsp3) is 0.429. The van der Waals surface area contributed by atoms with Crippen LogP contribution in [0.5, 0.6) is 0 Å². The minimum Gasteiger partial charge on any atom is -0.387 e. The van der Waals surface area contributed by atoms with E-state index in [1.54, 1.807) is 6.20 Å². The summed E-state index contributed by atoms with van der Waals surface area (Å²) >= 11 is 0. The van der Waals surface area contributed by atoms with Crippen LogP contribution in [-0.2, 0) is 13.8 Å². The van der Waals surface area contributed by atoms with Gasteiger partial charge in [0.2, 0.25) is 0 Å². The van der Waals surface area contributed by atoms with E-state index < -0.39 is 39.0 Å². The lowest BCUT2D eigenvalue weighted by Crippen LogP contribution is -2.33. The molecule has 0 bridgehead atoms. The first-order valence-electron chi connectivity index (χ1n) is 7.46. The summed E-state index contributed by atoms with van der Waals surface area (Å²) in [6.07, 6.45) is -3.33. The molecule has 136 valence electrons. The van der Waals surface area contributed by atoms with Gasteiger partial charge in [0.15, 0.2) is 6.23 Å². The van der Waals surface area contributed by atoms with E-state index in [0.717, 1.165) is 11.1 Å². The van der Waals surface area contributed by atoms with Crippen LogP contribution < -0.4 is 0 Å². The Morgan fingerprint density at radius 2 is 2.00 bits per heavy atom. The number of phosphoric acid groups is 1. The lowest BCUT2D eigenvalue weighted by Gasteiger charge is -2.14. The highest BCUT2D eigenvalue weighted by Gasteiger charge is 2.45.